The normalized spacial score (nSPS) is 10.7. The zero-order valence-electron chi connectivity index (χ0n) is 17.7. The number of hydrogen-bond acceptors (Lipinski definition) is 6. The predicted octanol–water partition coefficient (Wildman–Crippen LogP) is 1.26. The quantitative estimate of drug-likeness (QED) is 0.516. The van der Waals surface area contributed by atoms with Gasteiger partial charge in [0, 0.05) is 13.6 Å². The summed E-state index contributed by atoms with van der Waals surface area (Å²) >= 11 is 0. The topological polar surface area (TPSA) is 101 Å². The maximum Gasteiger partial charge on any atom is 0.329 e. The zero-order valence-corrected chi connectivity index (χ0v) is 17.7. The molecule has 0 radical (unpaired) electrons. The van der Waals surface area contributed by atoms with Crippen molar-refractivity contribution in [3.05, 3.63) is 58.5 Å². The van der Waals surface area contributed by atoms with Crippen LogP contribution in [0.2, 0.25) is 0 Å². The molecule has 31 heavy (non-hydrogen) atoms. The first-order valence-corrected chi connectivity index (χ1v) is 9.72. The Balaban J connectivity index is 1.48. The van der Waals surface area contributed by atoms with Crippen molar-refractivity contribution in [1.29, 1.82) is 0 Å². The van der Waals surface area contributed by atoms with Crippen LogP contribution in [0.1, 0.15) is 5.56 Å². The lowest BCUT2D eigenvalue weighted by Crippen LogP contribution is -2.32. The zero-order chi connectivity index (χ0) is 22.4. The van der Waals surface area contributed by atoms with E-state index in [0.29, 0.717) is 35.5 Å². The second-order valence-electron chi connectivity index (χ2n) is 6.87. The van der Waals surface area contributed by atoms with Crippen LogP contribution in [-0.2, 0) is 34.3 Å². The standard InChI is InChI=1S/C22H25N3O6/c1-24-16-6-4-5-7-17(16)25(22(24)28)13-21(27)31-14-20(26)23-11-10-15-8-9-18(29-2)19(12-15)30-3/h4-9,12H,10-11,13-14H2,1-3H3,(H,23,26). The van der Waals surface area contributed by atoms with Crippen LogP contribution in [0, 0.1) is 0 Å². The first-order valence-electron chi connectivity index (χ1n) is 9.72. The molecule has 0 saturated heterocycles. The van der Waals surface area contributed by atoms with Gasteiger partial charge < -0.3 is 19.5 Å². The first kappa shape index (κ1) is 21.9. The largest absolute Gasteiger partial charge is 0.493 e. The highest BCUT2D eigenvalue weighted by Gasteiger charge is 2.15. The van der Waals surface area contributed by atoms with Crippen molar-refractivity contribution in [3.8, 4) is 11.5 Å². The first-order chi connectivity index (χ1) is 14.9. The minimum atomic E-state index is -0.659. The molecule has 1 amide bonds. The molecule has 0 aliphatic rings. The van der Waals surface area contributed by atoms with Crippen molar-refractivity contribution in [2.45, 2.75) is 13.0 Å². The fourth-order valence-electron chi connectivity index (χ4n) is 3.27. The molecule has 1 N–H and O–H groups in total. The highest BCUT2D eigenvalue weighted by molar-refractivity contribution is 5.82. The molecular weight excluding hydrogens is 402 g/mol. The SMILES string of the molecule is COc1ccc(CCNC(=O)COC(=O)Cn2c(=O)n(C)c3ccccc32)cc1OC. The third-order valence-electron chi connectivity index (χ3n) is 4.89. The number of fused-ring (bicyclic) bond motifs is 1. The minimum Gasteiger partial charge on any atom is -0.493 e. The van der Waals surface area contributed by atoms with E-state index in [4.69, 9.17) is 14.2 Å². The van der Waals surface area contributed by atoms with E-state index in [1.54, 1.807) is 45.5 Å². The van der Waals surface area contributed by atoms with Gasteiger partial charge in [0.25, 0.3) is 5.91 Å². The van der Waals surface area contributed by atoms with Crippen molar-refractivity contribution in [1.82, 2.24) is 14.5 Å². The molecule has 1 aromatic heterocycles. The second-order valence-corrected chi connectivity index (χ2v) is 6.87. The molecule has 0 bridgehead atoms. The number of para-hydroxylation sites is 2. The molecule has 0 aliphatic heterocycles. The van der Waals surface area contributed by atoms with E-state index in [2.05, 4.69) is 5.32 Å². The molecule has 0 spiro atoms. The highest BCUT2D eigenvalue weighted by atomic mass is 16.5. The van der Waals surface area contributed by atoms with Gasteiger partial charge in [-0.1, -0.05) is 18.2 Å². The number of methoxy groups -OCH3 is 2. The van der Waals surface area contributed by atoms with E-state index in [9.17, 15) is 14.4 Å². The number of nitrogens with one attached hydrogen (secondary N) is 1. The van der Waals surface area contributed by atoms with Crippen LogP contribution in [0.3, 0.4) is 0 Å². The third-order valence-corrected chi connectivity index (χ3v) is 4.89. The lowest BCUT2D eigenvalue weighted by Gasteiger charge is -2.10. The van der Waals surface area contributed by atoms with E-state index in [0.717, 1.165) is 5.56 Å². The number of hydrogen-bond donors (Lipinski definition) is 1. The monoisotopic (exact) mass is 427 g/mol. The van der Waals surface area contributed by atoms with Gasteiger partial charge in [-0.25, -0.2) is 4.79 Å². The van der Waals surface area contributed by atoms with Gasteiger partial charge in [-0.05, 0) is 36.2 Å². The summed E-state index contributed by atoms with van der Waals surface area (Å²) in [5, 5.41) is 2.70. The Morgan fingerprint density at radius 2 is 1.71 bits per heavy atom. The fourth-order valence-corrected chi connectivity index (χ4v) is 3.27. The average Bonchev–Trinajstić information content (AvgIpc) is 3.02. The number of ether oxygens (including phenoxy) is 3. The lowest BCUT2D eigenvalue weighted by atomic mass is 10.1. The summed E-state index contributed by atoms with van der Waals surface area (Å²) in [6, 6.07) is 12.7. The molecule has 0 atom stereocenters. The number of aromatic nitrogens is 2. The Bertz CT molecular complexity index is 1150. The van der Waals surface area contributed by atoms with Crippen LogP contribution in [-0.4, -0.2) is 48.4 Å². The van der Waals surface area contributed by atoms with Crippen molar-refractivity contribution in [3.63, 3.8) is 0 Å². The minimum absolute atomic E-state index is 0.265. The summed E-state index contributed by atoms with van der Waals surface area (Å²) in [5.41, 5.74) is 1.99. The smallest absolute Gasteiger partial charge is 0.329 e. The molecule has 0 unspecified atom stereocenters. The Kier molecular flexibility index (Phi) is 6.96. The van der Waals surface area contributed by atoms with Crippen molar-refractivity contribution in [2.24, 2.45) is 7.05 Å². The summed E-state index contributed by atoms with van der Waals surface area (Å²) in [6.07, 6.45) is 0.575. The number of benzene rings is 2. The molecule has 2 aromatic carbocycles. The van der Waals surface area contributed by atoms with Crippen LogP contribution < -0.4 is 20.5 Å². The highest BCUT2D eigenvalue weighted by Crippen LogP contribution is 2.27. The lowest BCUT2D eigenvalue weighted by molar-refractivity contribution is -0.149. The molecule has 1 heterocycles. The summed E-state index contributed by atoms with van der Waals surface area (Å²) in [5.74, 6) is 0.170. The van der Waals surface area contributed by atoms with E-state index in [1.165, 1.54) is 9.13 Å². The Morgan fingerprint density at radius 1 is 1.00 bits per heavy atom. The van der Waals surface area contributed by atoms with Crippen LogP contribution >= 0.6 is 0 Å². The maximum absolute atomic E-state index is 12.3. The molecule has 3 rings (SSSR count). The van der Waals surface area contributed by atoms with Gasteiger partial charge in [-0.2, -0.15) is 0 Å². The van der Waals surface area contributed by atoms with Gasteiger partial charge in [0.2, 0.25) is 0 Å². The molecule has 3 aromatic rings. The van der Waals surface area contributed by atoms with E-state index in [-0.39, 0.29) is 12.2 Å². The number of aryl methyl sites for hydroxylation is 1. The summed E-state index contributed by atoms with van der Waals surface area (Å²) in [4.78, 5) is 36.5. The number of imidazole rings is 1. The van der Waals surface area contributed by atoms with Gasteiger partial charge in [-0.15, -0.1) is 0 Å². The van der Waals surface area contributed by atoms with Gasteiger partial charge in [-0.3, -0.25) is 18.7 Å². The van der Waals surface area contributed by atoms with Crippen molar-refractivity contribution >= 4 is 22.9 Å². The number of esters is 1. The van der Waals surface area contributed by atoms with E-state index < -0.39 is 18.5 Å². The van der Waals surface area contributed by atoms with Gasteiger partial charge >= 0.3 is 11.7 Å². The van der Waals surface area contributed by atoms with E-state index in [1.807, 2.05) is 18.2 Å². The summed E-state index contributed by atoms with van der Waals surface area (Å²) in [7, 11) is 4.76. The number of amides is 1. The number of carbonyl (C=O) groups excluding carboxylic acids is 2. The summed E-state index contributed by atoms with van der Waals surface area (Å²) in [6.45, 7) is -0.307. The second kappa shape index (κ2) is 9.84. The predicted molar refractivity (Wildman–Crippen MR) is 114 cm³/mol. The van der Waals surface area contributed by atoms with Crippen LogP contribution in [0.15, 0.2) is 47.3 Å². The average molecular weight is 427 g/mol. The fraction of sp³-hybridized carbons (Fsp3) is 0.318. The molecule has 164 valence electrons. The van der Waals surface area contributed by atoms with E-state index >= 15 is 0 Å². The van der Waals surface area contributed by atoms with Crippen LogP contribution in [0.4, 0.5) is 0 Å². The number of carbonyl (C=O) groups is 2. The molecule has 0 fully saturated rings. The van der Waals surface area contributed by atoms with Gasteiger partial charge in [0.1, 0.15) is 6.54 Å². The van der Waals surface area contributed by atoms with Crippen molar-refractivity contribution in [2.75, 3.05) is 27.4 Å². The molecular formula is C22H25N3O6. The molecule has 0 aliphatic carbocycles. The Morgan fingerprint density at radius 3 is 2.42 bits per heavy atom. The molecule has 0 saturated carbocycles. The third kappa shape index (κ3) is 5.06. The van der Waals surface area contributed by atoms with Gasteiger partial charge in [0.15, 0.2) is 18.1 Å². The molecule has 9 nitrogen and oxygen atoms in total. The van der Waals surface area contributed by atoms with Crippen molar-refractivity contribution < 1.29 is 23.8 Å². The van der Waals surface area contributed by atoms with Crippen LogP contribution in [0.5, 0.6) is 11.5 Å². The van der Waals surface area contributed by atoms with Gasteiger partial charge in [0.05, 0.1) is 25.3 Å². The van der Waals surface area contributed by atoms with Crippen LogP contribution in [0.25, 0.3) is 11.0 Å². The Hall–Kier alpha value is -3.75. The number of nitrogens with zero attached hydrogens (tertiary/aromatic N) is 2. The Labute approximate surface area is 179 Å². The number of rotatable bonds is 9. The summed E-state index contributed by atoms with van der Waals surface area (Å²) < 4.78 is 18.3. The maximum atomic E-state index is 12.3. The molecule has 9 heteroatoms.